The van der Waals surface area contributed by atoms with Crippen molar-refractivity contribution in [3.05, 3.63) is 24.0 Å². The predicted octanol–water partition coefficient (Wildman–Crippen LogP) is 1.57. The molecule has 1 aromatic carbocycles. The van der Waals surface area contributed by atoms with Crippen LogP contribution in [0.15, 0.2) is 18.2 Å². The Kier molecular flexibility index (Phi) is 5.41. The number of piperidine rings is 1. The number of nitrogens with one attached hydrogen (secondary N) is 1. The van der Waals surface area contributed by atoms with E-state index in [1.165, 1.54) is 17.0 Å². The Bertz CT molecular complexity index is 642. The van der Waals surface area contributed by atoms with Crippen LogP contribution in [0.2, 0.25) is 0 Å². The van der Waals surface area contributed by atoms with Crippen LogP contribution in [0.25, 0.3) is 0 Å². The third kappa shape index (κ3) is 4.36. The maximum Gasteiger partial charge on any atom is 0.321 e. The fraction of sp³-hybridized carbons (Fsp3) is 0.375. The Balaban J connectivity index is 2.08. The van der Waals surface area contributed by atoms with E-state index in [4.69, 9.17) is 16.9 Å². The minimum atomic E-state index is -0.512. The van der Waals surface area contributed by atoms with Gasteiger partial charge >= 0.3 is 6.03 Å². The summed E-state index contributed by atoms with van der Waals surface area (Å²) in [6.07, 6.45) is 6.48. The van der Waals surface area contributed by atoms with E-state index < -0.39 is 17.8 Å². The van der Waals surface area contributed by atoms with E-state index in [9.17, 15) is 14.0 Å². The second kappa shape index (κ2) is 7.49. The lowest BCUT2D eigenvalue weighted by molar-refractivity contribution is -0.123. The van der Waals surface area contributed by atoms with Crippen molar-refractivity contribution >= 4 is 17.6 Å². The summed E-state index contributed by atoms with van der Waals surface area (Å²) in [6.45, 7) is 0.754. The van der Waals surface area contributed by atoms with Crippen molar-refractivity contribution in [1.29, 1.82) is 0 Å². The topological polar surface area (TPSA) is 84.7 Å². The maximum absolute atomic E-state index is 13.4. The van der Waals surface area contributed by atoms with Gasteiger partial charge in [-0.05, 0) is 25.0 Å². The normalized spacial score (nSPS) is 17.2. The molecule has 3 amide bonds. The number of carbonyl (C=O) groups excluding carboxylic acids is 2. The number of amides is 3. The number of carbonyl (C=O) groups is 2. The van der Waals surface area contributed by atoms with Gasteiger partial charge in [-0.25, -0.2) is 9.18 Å². The van der Waals surface area contributed by atoms with Crippen LogP contribution in [0.4, 0.5) is 14.9 Å². The number of hydrogen-bond donors (Lipinski definition) is 2. The molecule has 122 valence electrons. The van der Waals surface area contributed by atoms with Gasteiger partial charge in [0, 0.05) is 19.2 Å². The summed E-state index contributed by atoms with van der Waals surface area (Å²) in [5.74, 6) is 1.28. The number of terminal acetylenes is 1. The van der Waals surface area contributed by atoms with Gasteiger partial charge in [-0.15, -0.1) is 6.42 Å². The Morgan fingerprint density at radius 2 is 2.30 bits per heavy atom. The number of primary amides is 1. The smallest absolute Gasteiger partial charge is 0.321 e. The largest absolute Gasteiger partial charge is 0.479 e. The zero-order valence-corrected chi connectivity index (χ0v) is 12.5. The third-order valence-corrected chi connectivity index (χ3v) is 3.61. The number of nitrogens with zero attached hydrogens (tertiary/aromatic N) is 1. The first-order valence-corrected chi connectivity index (χ1v) is 7.22. The van der Waals surface area contributed by atoms with Gasteiger partial charge in [0.25, 0.3) is 0 Å². The lowest BCUT2D eigenvalue weighted by Gasteiger charge is -2.31. The Morgan fingerprint density at radius 3 is 3.00 bits per heavy atom. The Hall–Kier alpha value is -2.75. The second-order valence-electron chi connectivity index (χ2n) is 5.25. The Labute approximate surface area is 133 Å². The summed E-state index contributed by atoms with van der Waals surface area (Å²) >= 11 is 0. The minimum Gasteiger partial charge on any atom is -0.479 e. The molecule has 0 radical (unpaired) electrons. The molecule has 0 saturated carbocycles. The van der Waals surface area contributed by atoms with Crippen molar-refractivity contribution in [3.8, 4) is 18.1 Å². The van der Waals surface area contributed by atoms with Crippen LogP contribution < -0.4 is 15.8 Å². The standard InChI is InChI=1S/C16H18FN3O3/c1-2-8-23-14-6-5-12(17)9-13(14)19-16(22)20-7-3-4-11(10-20)15(18)21/h1,5-6,9,11H,3-4,7-8,10H2,(H2,18,21)(H,19,22)/t11-/m1/s1. The zero-order chi connectivity index (χ0) is 16.8. The number of ether oxygens (including phenoxy) is 1. The highest BCUT2D eigenvalue weighted by molar-refractivity contribution is 5.91. The molecule has 0 unspecified atom stereocenters. The molecule has 1 fully saturated rings. The lowest BCUT2D eigenvalue weighted by atomic mass is 9.98. The number of rotatable bonds is 4. The van der Waals surface area contributed by atoms with E-state index in [0.29, 0.717) is 19.4 Å². The van der Waals surface area contributed by atoms with Gasteiger partial charge in [-0.3, -0.25) is 4.79 Å². The first-order valence-electron chi connectivity index (χ1n) is 7.22. The number of nitrogens with two attached hydrogens (primary N) is 1. The molecule has 0 spiro atoms. The third-order valence-electron chi connectivity index (χ3n) is 3.61. The number of hydrogen-bond acceptors (Lipinski definition) is 3. The number of anilines is 1. The molecule has 3 N–H and O–H groups in total. The van der Waals surface area contributed by atoms with Crippen LogP contribution in [0.1, 0.15) is 12.8 Å². The molecule has 6 nitrogen and oxygen atoms in total. The summed E-state index contributed by atoms with van der Waals surface area (Å²) < 4.78 is 18.7. The Morgan fingerprint density at radius 1 is 1.52 bits per heavy atom. The molecule has 1 atom stereocenters. The van der Waals surface area contributed by atoms with Crippen LogP contribution in [0.5, 0.6) is 5.75 Å². The lowest BCUT2D eigenvalue weighted by Crippen LogP contribution is -2.45. The fourth-order valence-corrected chi connectivity index (χ4v) is 2.43. The maximum atomic E-state index is 13.4. The molecule has 0 bridgehead atoms. The first-order chi connectivity index (χ1) is 11.0. The van der Waals surface area contributed by atoms with Crippen LogP contribution >= 0.6 is 0 Å². The van der Waals surface area contributed by atoms with Crippen molar-refractivity contribution < 1.29 is 18.7 Å². The molecular weight excluding hydrogens is 301 g/mol. The summed E-state index contributed by atoms with van der Waals surface area (Å²) in [5, 5.41) is 2.59. The monoisotopic (exact) mass is 319 g/mol. The van der Waals surface area contributed by atoms with E-state index in [1.807, 2.05) is 0 Å². The van der Waals surface area contributed by atoms with Crippen LogP contribution in [-0.2, 0) is 4.79 Å². The van der Waals surface area contributed by atoms with Crippen LogP contribution in [0.3, 0.4) is 0 Å². The van der Waals surface area contributed by atoms with Gasteiger partial charge in [0.1, 0.15) is 18.2 Å². The minimum absolute atomic E-state index is 0.00195. The zero-order valence-electron chi connectivity index (χ0n) is 12.5. The molecule has 0 aliphatic carbocycles. The van der Waals surface area contributed by atoms with E-state index in [1.54, 1.807) is 0 Å². The van der Waals surface area contributed by atoms with Crippen molar-refractivity contribution in [1.82, 2.24) is 4.90 Å². The fourth-order valence-electron chi connectivity index (χ4n) is 2.43. The van der Waals surface area contributed by atoms with Gasteiger partial charge in [0.2, 0.25) is 5.91 Å². The van der Waals surface area contributed by atoms with Crippen molar-refractivity contribution in [3.63, 3.8) is 0 Å². The molecule has 23 heavy (non-hydrogen) atoms. The second-order valence-corrected chi connectivity index (χ2v) is 5.25. The van der Waals surface area contributed by atoms with Gasteiger partial charge in [0.15, 0.2) is 0 Å². The summed E-state index contributed by atoms with van der Waals surface area (Å²) in [6, 6.07) is 3.32. The van der Waals surface area contributed by atoms with Crippen molar-refractivity contribution in [2.24, 2.45) is 11.7 Å². The highest BCUT2D eigenvalue weighted by Crippen LogP contribution is 2.26. The van der Waals surface area contributed by atoms with E-state index >= 15 is 0 Å². The summed E-state index contributed by atoms with van der Waals surface area (Å²) in [4.78, 5) is 25.1. The average molecular weight is 319 g/mol. The van der Waals surface area contributed by atoms with E-state index in [-0.39, 0.29) is 30.5 Å². The number of halogens is 1. The molecule has 1 aliphatic heterocycles. The van der Waals surface area contributed by atoms with Crippen molar-refractivity contribution in [2.45, 2.75) is 12.8 Å². The molecule has 2 rings (SSSR count). The SMILES string of the molecule is C#CCOc1ccc(F)cc1NC(=O)N1CCC[C@@H](C(N)=O)C1. The highest BCUT2D eigenvalue weighted by Gasteiger charge is 2.27. The van der Waals surface area contributed by atoms with Gasteiger partial charge in [-0.2, -0.15) is 0 Å². The number of likely N-dealkylation sites (tertiary alicyclic amines) is 1. The van der Waals surface area contributed by atoms with E-state index in [2.05, 4.69) is 11.2 Å². The quantitative estimate of drug-likeness (QED) is 0.826. The van der Waals surface area contributed by atoms with Gasteiger partial charge < -0.3 is 20.7 Å². The van der Waals surface area contributed by atoms with E-state index in [0.717, 1.165) is 6.07 Å². The van der Waals surface area contributed by atoms with Crippen LogP contribution in [0, 0.1) is 24.1 Å². The summed E-state index contributed by atoms with van der Waals surface area (Å²) in [7, 11) is 0. The molecule has 0 aromatic heterocycles. The van der Waals surface area contributed by atoms with Gasteiger partial charge in [-0.1, -0.05) is 5.92 Å². The number of urea groups is 1. The molecular formula is C16H18FN3O3. The first kappa shape index (κ1) is 16.6. The molecule has 1 heterocycles. The molecule has 7 heteroatoms. The molecule has 1 saturated heterocycles. The average Bonchev–Trinajstić information content (AvgIpc) is 2.54. The summed E-state index contributed by atoms with van der Waals surface area (Å²) in [5.41, 5.74) is 5.48. The highest BCUT2D eigenvalue weighted by atomic mass is 19.1. The number of benzene rings is 1. The van der Waals surface area contributed by atoms with Crippen LogP contribution in [-0.4, -0.2) is 36.5 Å². The molecule has 1 aliphatic rings. The molecule has 1 aromatic rings. The van der Waals surface area contributed by atoms with Crippen molar-refractivity contribution in [2.75, 3.05) is 25.0 Å². The van der Waals surface area contributed by atoms with Gasteiger partial charge in [0.05, 0.1) is 11.6 Å². The predicted molar refractivity (Wildman–Crippen MR) is 83.2 cm³/mol.